The number of esters is 1. The Morgan fingerprint density at radius 3 is 2.58 bits per heavy atom. The molecule has 208 valence electrons. The lowest BCUT2D eigenvalue weighted by atomic mass is 9.95. The van der Waals surface area contributed by atoms with E-state index in [1.165, 1.54) is 30.9 Å². The van der Waals surface area contributed by atoms with Gasteiger partial charge < -0.3 is 18.9 Å². The topological polar surface area (TPSA) is 131 Å². The van der Waals surface area contributed by atoms with Crippen molar-refractivity contribution >= 4 is 29.1 Å². The summed E-state index contributed by atoms with van der Waals surface area (Å²) in [5, 5.41) is 11.0. The number of nitrogens with zero attached hydrogens (tertiary/aromatic N) is 3. The second kappa shape index (κ2) is 12.5. The monoisotopic (exact) mass is 565 g/mol. The summed E-state index contributed by atoms with van der Waals surface area (Å²) in [7, 11) is 3.00. The molecule has 0 bridgehead atoms. The Hall–Kier alpha value is -4.55. The third-order valence-electron chi connectivity index (χ3n) is 6.02. The molecule has 4 rings (SSSR count). The quantitative estimate of drug-likeness (QED) is 0.114. The molecule has 1 aliphatic heterocycles. The van der Waals surface area contributed by atoms with Gasteiger partial charge in [-0.1, -0.05) is 30.1 Å². The molecule has 1 aliphatic rings. The first kappa shape index (κ1) is 28.5. The van der Waals surface area contributed by atoms with Gasteiger partial charge in [0.1, 0.15) is 13.2 Å². The Labute approximate surface area is 233 Å². The number of nitro groups is 1. The molecule has 2 aromatic carbocycles. The molecule has 0 amide bonds. The van der Waals surface area contributed by atoms with E-state index in [2.05, 4.69) is 11.6 Å². The van der Waals surface area contributed by atoms with Crippen molar-refractivity contribution in [1.29, 1.82) is 0 Å². The van der Waals surface area contributed by atoms with Crippen molar-refractivity contribution in [3.05, 3.63) is 107 Å². The number of non-ortho nitro benzene ring substituents is 1. The van der Waals surface area contributed by atoms with Crippen molar-refractivity contribution in [1.82, 2.24) is 4.57 Å². The molecule has 40 heavy (non-hydrogen) atoms. The zero-order valence-corrected chi connectivity index (χ0v) is 22.9. The van der Waals surface area contributed by atoms with E-state index >= 15 is 0 Å². The standard InChI is InChI=1S/C28H27N3O8S/c1-5-12-38-21-11-8-19(16-22(21)37-4)25-24(27(33)39-14-13-36-3)17(2)29-28-30(25)26(32)23(40-28)15-18-6-9-20(10-7-18)31(34)35/h5-11,15-16,25H,1,12-14H2,2-4H3/b23-15-. The van der Waals surface area contributed by atoms with Gasteiger partial charge in [0.2, 0.25) is 0 Å². The minimum absolute atomic E-state index is 0.0288. The molecule has 0 saturated carbocycles. The summed E-state index contributed by atoms with van der Waals surface area (Å²) in [6.07, 6.45) is 3.24. The summed E-state index contributed by atoms with van der Waals surface area (Å²) in [4.78, 5) is 42.6. The van der Waals surface area contributed by atoms with Crippen LogP contribution in [0.25, 0.3) is 6.08 Å². The zero-order valence-electron chi connectivity index (χ0n) is 22.1. The predicted molar refractivity (Wildman–Crippen MR) is 148 cm³/mol. The Morgan fingerprint density at radius 2 is 1.93 bits per heavy atom. The van der Waals surface area contributed by atoms with E-state index in [4.69, 9.17) is 18.9 Å². The number of allylic oxidation sites excluding steroid dienone is 1. The van der Waals surface area contributed by atoms with Crippen LogP contribution in [0.15, 0.2) is 76.2 Å². The molecule has 1 aromatic heterocycles. The van der Waals surface area contributed by atoms with Gasteiger partial charge in [0.25, 0.3) is 11.2 Å². The number of hydrogen-bond donors (Lipinski definition) is 0. The lowest BCUT2D eigenvalue weighted by Gasteiger charge is -2.25. The Balaban J connectivity index is 1.87. The number of fused-ring (bicyclic) bond motifs is 1. The van der Waals surface area contributed by atoms with Gasteiger partial charge in [-0.25, -0.2) is 9.79 Å². The lowest BCUT2D eigenvalue weighted by Crippen LogP contribution is -2.40. The number of carbonyl (C=O) groups is 1. The fraction of sp³-hybridized carbons (Fsp3) is 0.250. The summed E-state index contributed by atoms with van der Waals surface area (Å²) in [5.74, 6) is 0.259. The number of nitro benzene ring substituents is 1. The Kier molecular flexibility index (Phi) is 8.92. The number of aromatic nitrogens is 1. The van der Waals surface area contributed by atoms with E-state index in [1.54, 1.807) is 49.4 Å². The maximum absolute atomic E-state index is 13.8. The van der Waals surface area contributed by atoms with Crippen LogP contribution < -0.4 is 24.4 Å². The average Bonchev–Trinajstić information content (AvgIpc) is 3.25. The van der Waals surface area contributed by atoms with Crippen LogP contribution in [0.1, 0.15) is 24.1 Å². The number of benzene rings is 2. The number of thiazole rings is 1. The largest absolute Gasteiger partial charge is 0.493 e. The number of hydrogen-bond acceptors (Lipinski definition) is 10. The highest BCUT2D eigenvalue weighted by Crippen LogP contribution is 2.36. The van der Waals surface area contributed by atoms with Gasteiger partial charge in [-0.05, 0) is 48.4 Å². The van der Waals surface area contributed by atoms with Crippen molar-refractivity contribution in [2.45, 2.75) is 13.0 Å². The summed E-state index contributed by atoms with van der Waals surface area (Å²) < 4.78 is 23.4. The molecule has 0 aliphatic carbocycles. The summed E-state index contributed by atoms with van der Waals surface area (Å²) in [6.45, 7) is 5.85. The zero-order chi connectivity index (χ0) is 28.8. The van der Waals surface area contributed by atoms with E-state index in [0.717, 1.165) is 11.3 Å². The second-order valence-electron chi connectivity index (χ2n) is 8.57. The number of rotatable bonds is 11. The highest BCUT2D eigenvalue weighted by Gasteiger charge is 2.34. The molecular weight excluding hydrogens is 538 g/mol. The molecular formula is C28H27N3O8S. The normalized spacial score (nSPS) is 14.8. The van der Waals surface area contributed by atoms with Crippen molar-refractivity contribution < 1.29 is 28.7 Å². The van der Waals surface area contributed by atoms with E-state index in [0.29, 0.717) is 37.7 Å². The second-order valence-corrected chi connectivity index (χ2v) is 9.58. The minimum Gasteiger partial charge on any atom is -0.493 e. The van der Waals surface area contributed by atoms with Crippen LogP contribution in [0.3, 0.4) is 0 Å². The Morgan fingerprint density at radius 1 is 1.18 bits per heavy atom. The van der Waals surface area contributed by atoms with Crippen LogP contribution in [-0.4, -0.2) is 49.5 Å². The van der Waals surface area contributed by atoms with Crippen LogP contribution in [-0.2, 0) is 14.3 Å². The molecule has 11 nitrogen and oxygen atoms in total. The van der Waals surface area contributed by atoms with Crippen molar-refractivity contribution in [2.24, 2.45) is 4.99 Å². The molecule has 0 spiro atoms. The molecule has 0 N–H and O–H groups in total. The summed E-state index contributed by atoms with van der Waals surface area (Å²) in [5.41, 5.74) is 1.35. The highest BCUT2D eigenvalue weighted by molar-refractivity contribution is 7.07. The van der Waals surface area contributed by atoms with Gasteiger partial charge in [-0.15, -0.1) is 0 Å². The molecule has 1 atom stereocenters. The molecule has 0 fully saturated rings. The van der Waals surface area contributed by atoms with Crippen molar-refractivity contribution in [2.75, 3.05) is 34.0 Å². The molecule has 1 unspecified atom stereocenters. The lowest BCUT2D eigenvalue weighted by molar-refractivity contribution is -0.384. The van der Waals surface area contributed by atoms with Crippen LogP contribution in [0.2, 0.25) is 0 Å². The average molecular weight is 566 g/mol. The number of carbonyl (C=O) groups excluding carboxylic acids is 1. The maximum atomic E-state index is 13.8. The first-order chi connectivity index (χ1) is 19.3. The van der Waals surface area contributed by atoms with Gasteiger partial charge in [0, 0.05) is 19.2 Å². The SMILES string of the molecule is C=CCOc1ccc(C2C(C(=O)OCCOC)=C(C)N=c3s/c(=C\c4ccc([N+](=O)[O-])cc4)c(=O)n32)cc1OC. The molecule has 3 aromatic rings. The molecule has 0 radical (unpaired) electrons. The third-order valence-corrected chi connectivity index (χ3v) is 7.01. The number of methoxy groups -OCH3 is 2. The highest BCUT2D eigenvalue weighted by atomic mass is 32.1. The Bertz CT molecular complexity index is 1650. The fourth-order valence-corrected chi connectivity index (χ4v) is 5.21. The third kappa shape index (κ3) is 5.87. The first-order valence-electron chi connectivity index (χ1n) is 12.1. The van der Waals surface area contributed by atoms with Gasteiger partial charge in [-0.2, -0.15) is 0 Å². The maximum Gasteiger partial charge on any atom is 0.338 e. The summed E-state index contributed by atoms with van der Waals surface area (Å²) in [6, 6.07) is 10.1. The van der Waals surface area contributed by atoms with E-state index in [1.807, 2.05) is 0 Å². The van der Waals surface area contributed by atoms with Gasteiger partial charge in [-0.3, -0.25) is 19.5 Å². The van der Waals surface area contributed by atoms with Crippen molar-refractivity contribution in [3.63, 3.8) is 0 Å². The van der Waals surface area contributed by atoms with Gasteiger partial charge in [0.15, 0.2) is 16.3 Å². The van der Waals surface area contributed by atoms with E-state index < -0.39 is 16.9 Å². The molecule has 2 heterocycles. The van der Waals surface area contributed by atoms with Crippen LogP contribution in [0, 0.1) is 10.1 Å². The first-order valence-corrected chi connectivity index (χ1v) is 12.9. The van der Waals surface area contributed by atoms with Crippen molar-refractivity contribution in [3.8, 4) is 11.5 Å². The predicted octanol–water partition coefficient (Wildman–Crippen LogP) is 2.91. The van der Waals surface area contributed by atoms with Gasteiger partial charge in [0.05, 0.1) is 40.5 Å². The smallest absolute Gasteiger partial charge is 0.338 e. The minimum atomic E-state index is -0.868. The molecule has 0 saturated heterocycles. The van der Waals surface area contributed by atoms with E-state index in [-0.39, 0.29) is 36.6 Å². The number of ether oxygens (including phenoxy) is 4. The van der Waals surface area contributed by atoms with E-state index in [9.17, 15) is 19.7 Å². The van der Waals surface area contributed by atoms with Crippen LogP contribution >= 0.6 is 11.3 Å². The molecule has 12 heteroatoms. The van der Waals surface area contributed by atoms with Crippen LogP contribution in [0.4, 0.5) is 5.69 Å². The van der Waals surface area contributed by atoms with Crippen LogP contribution in [0.5, 0.6) is 11.5 Å². The summed E-state index contributed by atoms with van der Waals surface area (Å²) >= 11 is 1.15. The fourth-order valence-electron chi connectivity index (χ4n) is 4.16. The van der Waals surface area contributed by atoms with Gasteiger partial charge >= 0.3 is 5.97 Å².